The Balaban J connectivity index is 1.98. The van der Waals surface area contributed by atoms with Crippen molar-refractivity contribution in [3.05, 3.63) is 35.4 Å². The van der Waals surface area contributed by atoms with E-state index >= 15 is 0 Å². The third-order valence-electron chi connectivity index (χ3n) is 3.77. The Kier molecular flexibility index (Phi) is 5.74. The summed E-state index contributed by atoms with van der Waals surface area (Å²) in [6.07, 6.45) is -0.451. The Bertz CT molecular complexity index is 596. The summed E-state index contributed by atoms with van der Waals surface area (Å²) in [7, 11) is -3.13. The summed E-state index contributed by atoms with van der Waals surface area (Å²) in [5, 5.41) is 9.51. The SMILES string of the molecule is CC(C)(CCc1cccc(CN2CC(O)NS2(O)O)c1)OC(N)=O. The number of primary amides is 1. The van der Waals surface area contributed by atoms with E-state index in [4.69, 9.17) is 10.5 Å². The van der Waals surface area contributed by atoms with Gasteiger partial charge in [-0.3, -0.25) is 9.11 Å². The summed E-state index contributed by atoms with van der Waals surface area (Å²) < 4.78 is 28.6. The molecule has 1 saturated heterocycles. The number of ether oxygens (including phenoxy) is 1. The van der Waals surface area contributed by atoms with Crippen LogP contribution >= 0.6 is 11.0 Å². The van der Waals surface area contributed by atoms with Gasteiger partial charge >= 0.3 is 6.09 Å². The van der Waals surface area contributed by atoms with E-state index in [-0.39, 0.29) is 6.54 Å². The molecule has 0 spiro atoms. The van der Waals surface area contributed by atoms with Crippen molar-refractivity contribution in [1.29, 1.82) is 0 Å². The molecule has 1 amide bonds. The van der Waals surface area contributed by atoms with Crippen LogP contribution in [0.25, 0.3) is 0 Å². The molecule has 1 aromatic carbocycles. The first-order valence-electron chi connectivity index (χ1n) is 7.62. The second-order valence-corrected chi connectivity index (χ2v) is 8.27. The lowest BCUT2D eigenvalue weighted by Crippen LogP contribution is -2.31. The molecular weight excluding hydrogens is 334 g/mol. The minimum atomic E-state index is -3.13. The van der Waals surface area contributed by atoms with Gasteiger partial charge in [0.2, 0.25) is 0 Å². The van der Waals surface area contributed by atoms with E-state index < -0.39 is 28.9 Å². The molecule has 0 saturated carbocycles. The number of aliphatic hydroxyl groups excluding tert-OH is 1. The quantitative estimate of drug-likeness (QED) is 0.524. The Hall–Kier alpha value is -1.36. The van der Waals surface area contributed by atoms with Crippen LogP contribution < -0.4 is 10.5 Å². The van der Waals surface area contributed by atoms with Gasteiger partial charge in [0.1, 0.15) is 11.8 Å². The molecule has 0 aliphatic carbocycles. The summed E-state index contributed by atoms with van der Waals surface area (Å²) in [4.78, 5) is 10.9. The number of carbonyl (C=O) groups is 1. The second-order valence-electron chi connectivity index (χ2n) is 6.48. The number of benzene rings is 1. The lowest BCUT2D eigenvalue weighted by Gasteiger charge is -2.35. The largest absolute Gasteiger partial charge is 0.444 e. The van der Waals surface area contributed by atoms with Gasteiger partial charge in [-0.15, -0.1) is 0 Å². The van der Waals surface area contributed by atoms with Crippen LogP contribution in [0.3, 0.4) is 0 Å². The highest BCUT2D eigenvalue weighted by Gasteiger charge is 2.34. The summed E-state index contributed by atoms with van der Waals surface area (Å²) in [5.74, 6) is 0. The topological polar surface area (TPSA) is 128 Å². The highest BCUT2D eigenvalue weighted by atomic mass is 32.3. The van der Waals surface area contributed by atoms with Gasteiger partial charge in [0.25, 0.3) is 0 Å². The van der Waals surface area contributed by atoms with Gasteiger partial charge < -0.3 is 15.6 Å². The molecule has 1 aromatic rings. The number of amides is 1. The third kappa shape index (κ3) is 5.33. The van der Waals surface area contributed by atoms with Crippen LogP contribution in [0.15, 0.2) is 24.3 Å². The molecule has 1 unspecified atom stereocenters. The molecule has 1 aliphatic heterocycles. The van der Waals surface area contributed by atoms with Crippen LogP contribution in [0.1, 0.15) is 31.4 Å². The van der Waals surface area contributed by atoms with Crippen molar-refractivity contribution < 1.29 is 23.7 Å². The summed E-state index contributed by atoms with van der Waals surface area (Å²) in [6, 6.07) is 7.69. The van der Waals surface area contributed by atoms with Crippen molar-refractivity contribution >= 4 is 17.1 Å². The second kappa shape index (κ2) is 7.26. The first kappa shape index (κ1) is 19.0. The fourth-order valence-corrected chi connectivity index (χ4v) is 3.87. The highest BCUT2D eigenvalue weighted by Crippen LogP contribution is 2.44. The van der Waals surface area contributed by atoms with Crippen LogP contribution in [0.4, 0.5) is 4.79 Å². The molecule has 6 N–H and O–H groups in total. The summed E-state index contributed by atoms with van der Waals surface area (Å²) in [6.45, 7) is 4.05. The fourth-order valence-electron chi connectivity index (χ4n) is 2.60. The van der Waals surface area contributed by atoms with Gasteiger partial charge in [0.05, 0.1) is 6.54 Å². The number of nitrogens with zero attached hydrogens (tertiary/aromatic N) is 1. The average molecular weight is 359 g/mol. The van der Waals surface area contributed by atoms with E-state index in [1.165, 1.54) is 4.31 Å². The molecule has 1 fully saturated rings. The normalized spacial score (nSPS) is 22.3. The monoisotopic (exact) mass is 359 g/mol. The van der Waals surface area contributed by atoms with Gasteiger partial charge in [-0.2, -0.15) is 9.03 Å². The number of hydrogen-bond donors (Lipinski definition) is 5. The van der Waals surface area contributed by atoms with Gasteiger partial charge in [-0.1, -0.05) is 35.2 Å². The number of hydrogen-bond acceptors (Lipinski definition) is 7. The highest BCUT2D eigenvalue weighted by molar-refractivity contribution is 8.20. The van der Waals surface area contributed by atoms with Crippen molar-refractivity contribution in [2.45, 2.75) is 45.1 Å². The number of carbonyl (C=O) groups excluding carboxylic acids is 1. The molecule has 136 valence electrons. The van der Waals surface area contributed by atoms with E-state index in [2.05, 4.69) is 4.72 Å². The zero-order chi connectivity index (χ0) is 18.0. The maximum Gasteiger partial charge on any atom is 0.405 e. The van der Waals surface area contributed by atoms with E-state index in [1.54, 1.807) is 13.8 Å². The van der Waals surface area contributed by atoms with Crippen molar-refractivity contribution in [3.8, 4) is 0 Å². The number of nitrogens with two attached hydrogens (primary N) is 1. The van der Waals surface area contributed by atoms with E-state index in [0.717, 1.165) is 11.1 Å². The predicted molar refractivity (Wildman–Crippen MR) is 91.9 cm³/mol. The molecule has 0 radical (unpaired) electrons. The number of β-amino-alcohol motifs (C(OH)–C–C–N with tert-alkyl or cyclic N) is 1. The Morgan fingerprint density at radius 3 is 2.71 bits per heavy atom. The standard InChI is InChI=1S/C15H25N3O5S/c1-15(2,23-14(16)20)7-6-11-4-3-5-12(8-11)9-18-10-13(19)17-24(18,21)22/h3-5,8,13,17,19,21-22H,6-7,9-10H2,1-2H3,(H2,16,20). The van der Waals surface area contributed by atoms with Crippen LogP contribution in [-0.4, -0.2) is 43.0 Å². The summed E-state index contributed by atoms with van der Waals surface area (Å²) in [5.41, 5.74) is 6.35. The lowest BCUT2D eigenvalue weighted by atomic mass is 9.97. The number of rotatable bonds is 6. The van der Waals surface area contributed by atoms with Crippen molar-refractivity contribution in [2.24, 2.45) is 5.73 Å². The molecule has 1 atom stereocenters. The first-order valence-corrected chi connectivity index (χ1v) is 9.13. The Labute approximate surface area is 143 Å². The fraction of sp³-hybridized carbons (Fsp3) is 0.533. The molecule has 1 heterocycles. The summed E-state index contributed by atoms with van der Waals surface area (Å²) >= 11 is 0. The average Bonchev–Trinajstić information content (AvgIpc) is 2.68. The smallest absolute Gasteiger partial charge is 0.405 e. The van der Waals surface area contributed by atoms with E-state index in [0.29, 0.717) is 19.4 Å². The zero-order valence-corrected chi connectivity index (χ0v) is 14.6. The molecule has 0 aromatic heterocycles. The van der Waals surface area contributed by atoms with Crippen LogP contribution in [0.5, 0.6) is 0 Å². The molecule has 8 nitrogen and oxygen atoms in total. The third-order valence-corrected chi connectivity index (χ3v) is 5.36. The molecule has 2 rings (SSSR count). The maximum absolute atomic E-state index is 10.9. The van der Waals surface area contributed by atoms with Crippen molar-refractivity contribution in [3.63, 3.8) is 0 Å². The van der Waals surface area contributed by atoms with Crippen LogP contribution in [-0.2, 0) is 17.7 Å². The van der Waals surface area contributed by atoms with Crippen molar-refractivity contribution in [1.82, 2.24) is 9.03 Å². The van der Waals surface area contributed by atoms with Crippen molar-refractivity contribution in [2.75, 3.05) is 6.54 Å². The van der Waals surface area contributed by atoms with Crippen LogP contribution in [0, 0.1) is 0 Å². The molecule has 9 heteroatoms. The number of nitrogens with one attached hydrogen (secondary N) is 1. The lowest BCUT2D eigenvalue weighted by molar-refractivity contribution is 0.0394. The minimum absolute atomic E-state index is 0.145. The molecule has 1 aliphatic rings. The molecule has 24 heavy (non-hydrogen) atoms. The van der Waals surface area contributed by atoms with Gasteiger partial charge in [-0.25, -0.2) is 4.79 Å². The molecule has 0 bridgehead atoms. The van der Waals surface area contributed by atoms with E-state index in [9.17, 15) is 19.0 Å². The van der Waals surface area contributed by atoms with Crippen LogP contribution in [0.2, 0.25) is 0 Å². The predicted octanol–water partition coefficient (Wildman–Crippen LogP) is 1.80. The Morgan fingerprint density at radius 2 is 2.12 bits per heavy atom. The van der Waals surface area contributed by atoms with Gasteiger partial charge in [0.15, 0.2) is 0 Å². The Morgan fingerprint density at radius 1 is 1.46 bits per heavy atom. The van der Waals surface area contributed by atoms with Gasteiger partial charge in [-0.05, 0) is 37.8 Å². The van der Waals surface area contributed by atoms with E-state index in [1.807, 2.05) is 24.3 Å². The first-order chi connectivity index (χ1) is 11.1. The molecular formula is C15H25N3O5S. The number of aryl methyl sites for hydroxylation is 1. The number of aliphatic hydroxyl groups is 1. The zero-order valence-electron chi connectivity index (χ0n) is 13.8. The maximum atomic E-state index is 10.9. The minimum Gasteiger partial charge on any atom is -0.444 e. The van der Waals surface area contributed by atoms with Gasteiger partial charge in [0, 0.05) is 6.54 Å².